The summed E-state index contributed by atoms with van der Waals surface area (Å²) in [4.78, 5) is 35.1. The van der Waals surface area contributed by atoms with Gasteiger partial charge in [-0.3, -0.25) is 4.79 Å². The Labute approximate surface area is 228 Å². The van der Waals surface area contributed by atoms with Crippen LogP contribution in [0.1, 0.15) is 44.4 Å². The van der Waals surface area contributed by atoms with Crippen molar-refractivity contribution in [1.82, 2.24) is 9.80 Å². The van der Waals surface area contributed by atoms with Crippen LogP contribution in [-0.2, 0) is 20.9 Å². The number of benzene rings is 2. The number of hydrogen-bond donors (Lipinski definition) is 0. The van der Waals surface area contributed by atoms with Gasteiger partial charge in [0.15, 0.2) is 5.17 Å². The lowest BCUT2D eigenvalue weighted by Crippen LogP contribution is -2.38. The van der Waals surface area contributed by atoms with E-state index in [0.29, 0.717) is 34.5 Å². The van der Waals surface area contributed by atoms with Gasteiger partial charge in [-0.15, -0.1) is 0 Å². The second kappa shape index (κ2) is 11.8. The largest absolute Gasteiger partial charge is 0.497 e. The number of fused-ring (bicyclic) bond motifs is 1. The summed E-state index contributed by atoms with van der Waals surface area (Å²) in [5, 5.41) is 2.63. The van der Waals surface area contributed by atoms with Crippen molar-refractivity contribution in [2.75, 3.05) is 21.3 Å². The third-order valence-electron chi connectivity index (χ3n) is 6.32. The van der Waals surface area contributed by atoms with Gasteiger partial charge in [0.25, 0.3) is 0 Å². The molecule has 38 heavy (non-hydrogen) atoms. The molecule has 0 aromatic heterocycles. The van der Waals surface area contributed by atoms with E-state index in [0.717, 1.165) is 16.8 Å². The molecule has 0 fully saturated rings. The quantitative estimate of drug-likeness (QED) is 0.404. The molecule has 1 atom stereocenters. The smallest absolute Gasteiger partial charge is 0.338 e. The van der Waals surface area contributed by atoms with E-state index in [9.17, 15) is 9.59 Å². The first-order valence-electron chi connectivity index (χ1n) is 12.4. The van der Waals surface area contributed by atoms with Crippen molar-refractivity contribution in [2.45, 2.75) is 45.9 Å². The van der Waals surface area contributed by atoms with Crippen molar-refractivity contribution in [1.29, 1.82) is 0 Å². The Morgan fingerprint density at radius 2 is 1.84 bits per heavy atom. The van der Waals surface area contributed by atoms with E-state index in [1.54, 1.807) is 32.2 Å². The summed E-state index contributed by atoms with van der Waals surface area (Å²) in [6.45, 7) is 5.93. The highest BCUT2D eigenvalue weighted by Crippen LogP contribution is 2.47. The first-order valence-corrected chi connectivity index (χ1v) is 13.3. The summed E-state index contributed by atoms with van der Waals surface area (Å²) in [6, 6.07) is 14.8. The van der Waals surface area contributed by atoms with Gasteiger partial charge in [-0.2, -0.15) is 0 Å². The summed E-state index contributed by atoms with van der Waals surface area (Å²) >= 11 is 1.43. The van der Waals surface area contributed by atoms with E-state index in [-0.39, 0.29) is 18.4 Å². The zero-order chi connectivity index (χ0) is 27.4. The Kier molecular flexibility index (Phi) is 8.46. The Morgan fingerprint density at radius 3 is 2.50 bits per heavy atom. The third-order valence-corrected chi connectivity index (χ3v) is 7.21. The Morgan fingerprint density at radius 1 is 1.11 bits per heavy atom. The first kappa shape index (κ1) is 27.3. The number of nitrogens with zero attached hydrogens (tertiary/aromatic N) is 3. The molecule has 0 bridgehead atoms. The van der Waals surface area contributed by atoms with Crippen molar-refractivity contribution in [3.05, 3.63) is 82.0 Å². The molecule has 2 heterocycles. The predicted molar refractivity (Wildman–Crippen MR) is 149 cm³/mol. The fourth-order valence-electron chi connectivity index (χ4n) is 4.48. The maximum absolute atomic E-state index is 13.4. The molecule has 2 aromatic carbocycles. The summed E-state index contributed by atoms with van der Waals surface area (Å²) in [5.74, 6) is 0.695. The standard InChI is InChI=1S/C29H33N3O5S/c1-18(2)37-28(34)26-19(3)30-29-32(27(26)23-13-12-22(35-5)15-24(23)36-6)21(17-38-29)14-25(33)31(4)16-20-10-8-7-9-11-20/h7-13,15,17-18,27H,14,16H2,1-6H3/t27-/m1/s1. The zero-order valence-corrected chi connectivity index (χ0v) is 23.4. The van der Waals surface area contributed by atoms with Gasteiger partial charge in [-0.05, 0) is 43.9 Å². The fourth-order valence-corrected chi connectivity index (χ4v) is 5.45. The van der Waals surface area contributed by atoms with Crippen LogP contribution in [0.4, 0.5) is 0 Å². The number of hydrogen-bond acceptors (Lipinski definition) is 8. The normalized spacial score (nSPS) is 16.6. The van der Waals surface area contributed by atoms with Crippen molar-refractivity contribution < 1.29 is 23.8 Å². The average Bonchev–Trinajstić information content (AvgIpc) is 3.29. The van der Waals surface area contributed by atoms with Gasteiger partial charge in [0.05, 0.1) is 44.1 Å². The van der Waals surface area contributed by atoms with Crippen LogP contribution in [0.3, 0.4) is 0 Å². The van der Waals surface area contributed by atoms with Gasteiger partial charge in [-0.1, -0.05) is 42.1 Å². The number of thioether (sulfide) groups is 1. The number of rotatable bonds is 9. The Balaban J connectivity index is 1.71. The number of carbonyl (C=O) groups is 2. The number of aliphatic imine (C=N–C) groups is 1. The van der Waals surface area contributed by atoms with Gasteiger partial charge in [0.2, 0.25) is 5.91 Å². The molecule has 2 aromatic rings. The molecule has 8 nitrogen and oxygen atoms in total. The van der Waals surface area contributed by atoms with Crippen LogP contribution >= 0.6 is 11.8 Å². The molecule has 2 aliphatic rings. The Bertz CT molecular complexity index is 1300. The van der Waals surface area contributed by atoms with Crippen LogP contribution in [0.25, 0.3) is 0 Å². The zero-order valence-electron chi connectivity index (χ0n) is 22.6. The molecule has 0 unspecified atom stereocenters. The Hall–Kier alpha value is -3.72. The molecular formula is C29H33N3O5S. The predicted octanol–water partition coefficient (Wildman–Crippen LogP) is 5.28. The highest BCUT2D eigenvalue weighted by Gasteiger charge is 2.42. The molecule has 0 saturated carbocycles. The number of allylic oxidation sites excluding steroid dienone is 1. The molecule has 200 valence electrons. The first-order chi connectivity index (χ1) is 18.2. The maximum Gasteiger partial charge on any atom is 0.338 e. The average molecular weight is 536 g/mol. The minimum Gasteiger partial charge on any atom is -0.497 e. The summed E-state index contributed by atoms with van der Waals surface area (Å²) in [7, 11) is 4.96. The number of carbonyl (C=O) groups excluding carboxylic acids is 2. The van der Waals surface area contributed by atoms with Crippen LogP contribution in [0.15, 0.2) is 75.9 Å². The second-order valence-electron chi connectivity index (χ2n) is 9.37. The lowest BCUT2D eigenvalue weighted by atomic mass is 9.93. The molecule has 2 aliphatic heterocycles. The molecule has 4 rings (SSSR count). The van der Waals surface area contributed by atoms with E-state index >= 15 is 0 Å². The van der Waals surface area contributed by atoms with Crippen molar-refractivity contribution in [2.24, 2.45) is 4.99 Å². The maximum atomic E-state index is 13.4. The molecule has 1 amide bonds. The summed E-state index contributed by atoms with van der Waals surface area (Å²) < 4.78 is 16.8. The van der Waals surface area contributed by atoms with Crippen LogP contribution < -0.4 is 9.47 Å². The molecular weight excluding hydrogens is 502 g/mol. The SMILES string of the molecule is COc1ccc([C@@H]2C(C(=O)OC(C)C)=C(C)N=C3SC=C(CC(=O)N(C)Cc4ccccc4)N32)c(OC)c1. The van der Waals surface area contributed by atoms with Crippen molar-refractivity contribution >= 4 is 28.8 Å². The monoisotopic (exact) mass is 535 g/mol. The van der Waals surface area contributed by atoms with Crippen molar-refractivity contribution in [3.8, 4) is 11.5 Å². The number of ether oxygens (including phenoxy) is 3. The van der Waals surface area contributed by atoms with Gasteiger partial charge < -0.3 is 24.0 Å². The van der Waals surface area contributed by atoms with Gasteiger partial charge in [0, 0.05) is 30.9 Å². The van der Waals surface area contributed by atoms with E-state index in [4.69, 9.17) is 19.2 Å². The molecule has 0 saturated heterocycles. The van der Waals surface area contributed by atoms with Crippen LogP contribution in [0, 0.1) is 0 Å². The van der Waals surface area contributed by atoms with Crippen LogP contribution in [-0.4, -0.2) is 54.2 Å². The second-order valence-corrected chi connectivity index (χ2v) is 10.2. The lowest BCUT2D eigenvalue weighted by Gasteiger charge is -2.37. The topological polar surface area (TPSA) is 80.7 Å². The number of amidine groups is 1. The summed E-state index contributed by atoms with van der Waals surface area (Å²) in [5.41, 5.74) is 3.53. The van der Waals surface area contributed by atoms with Crippen LogP contribution in [0.2, 0.25) is 0 Å². The number of methoxy groups -OCH3 is 2. The van der Waals surface area contributed by atoms with Gasteiger partial charge in [0.1, 0.15) is 11.5 Å². The number of amides is 1. The fraction of sp³-hybridized carbons (Fsp3) is 0.345. The minimum absolute atomic E-state index is 0.0417. The number of esters is 1. The molecule has 0 spiro atoms. The van der Waals surface area contributed by atoms with Crippen LogP contribution in [0.5, 0.6) is 11.5 Å². The minimum atomic E-state index is -0.594. The van der Waals surface area contributed by atoms with E-state index < -0.39 is 12.0 Å². The summed E-state index contributed by atoms with van der Waals surface area (Å²) in [6.07, 6.45) is -0.154. The molecule has 0 N–H and O–H groups in total. The highest BCUT2D eigenvalue weighted by molar-refractivity contribution is 8.16. The highest BCUT2D eigenvalue weighted by atomic mass is 32.2. The molecule has 0 radical (unpaired) electrons. The van der Waals surface area contributed by atoms with E-state index in [2.05, 4.69) is 0 Å². The third kappa shape index (κ3) is 5.72. The lowest BCUT2D eigenvalue weighted by molar-refractivity contribution is -0.143. The molecule has 9 heteroatoms. The van der Waals surface area contributed by atoms with Crippen molar-refractivity contribution in [3.63, 3.8) is 0 Å². The van der Waals surface area contributed by atoms with Gasteiger partial charge >= 0.3 is 5.97 Å². The molecule has 0 aliphatic carbocycles. The van der Waals surface area contributed by atoms with Gasteiger partial charge in [-0.25, -0.2) is 9.79 Å². The van der Waals surface area contributed by atoms with E-state index in [1.165, 1.54) is 11.8 Å². The van der Waals surface area contributed by atoms with E-state index in [1.807, 2.05) is 73.5 Å².